The molecule has 0 amide bonds. The Morgan fingerprint density at radius 2 is 1.77 bits per heavy atom. The highest BCUT2D eigenvalue weighted by Gasteiger charge is 2.32. The highest BCUT2D eigenvalue weighted by atomic mass is 16.5. The van der Waals surface area contributed by atoms with Crippen molar-refractivity contribution in [2.24, 2.45) is 11.3 Å². The first-order valence-electron chi connectivity index (χ1n) is 4.42. The number of carbonyl (C=O) groups is 2. The number of methoxy groups -OCH3 is 1. The summed E-state index contributed by atoms with van der Waals surface area (Å²) >= 11 is 0. The van der Waals surface area contributed by atoms with Gasteiger partial charge in [0, 0.05) is 11.3 Å². The lowest BCUT2D eigenvalue weighted by molar-refractivity contribution is -0.147. The monoisotopic (exact) mass is 186 g/mol. The Kier molecular flexibility index (Phi) is 4.11. The molecule has 0 radical (unpaired) electrons. The zero-order valence-electron chi connectivity index (χ0n) is 9.01. The van der Waals surface area contributed by atoms with Crippen LogP contribution in [0, 0.1) is 11.3 Å². The molecule has 3 heteroatoms. The van der Waals surface area contributed by atoms with Gasteiger partial charge < -0.3 is 4.74 Å². The van der Waals surface area contributed by atoms with Crippen molar-refractivity contribution < 1.29 is 14.3 Å². The second-order valence-corrected chi connectivity index (χ2v) is 4.16. The van der Waals surface area contributed by atoms with Crippen molar-refractivity contribution in [3.63, 3.8) is 0 Å². The molecule has 0 rings (SSSR count). The van der Waals surface area contributed by atoms with E-state index in [-0.39, 0.29) is 24.1 Å². The summed E-state index contributed by atoms with van der Waals surface area (Å²) in [7, 11) is 1.33. The Morgan fingerprint density at radius 3 is 2.08 bits per heavy atom. The van der Waals surface area contributed by atoms with E-state index in [1.165, 1.54) is 7.11 Å². The first-order valence-corrected chi connectivity index (χ1v) is 4.42. The minimum Gasteiger partial charge on any atom is -0.469 e. The van der Waals surface area contributed by atoms with Crippen LogP contribution in [0.15, 0.2) is 0 Å². The largest absolute Gasteiger partial charge is 0.469 e. The highest BCUT2D eigenvalue weighted by molar-refractivity contribution is 5.89. The van der Waals surface area contributed by atoms with Gasteiger partial charge in [0.2, 0.25) is 0 Å². The molecule has 13 heavy (non-hydrogen) atoms. The van der Waals surface area contributed by atoms with Crippen molar-refractivity contribution in [1.82, 2.24) is 0 Å². The molecule has 0 aliphatic heterocycles. The smallest absolute Gasteiger partial charge is 0.306 e. The number of Topliss-reactive ketones (excluding diaryl/α,β-unsaturated/α-hetero) is 1. The molecule has 0 aliphatic carbocycles. The van der Waals surface area contributed by atoms with Crippen LogP contribution in [0.5, 0.6) is 0 Å². The molecule has 0 atom stereocenters. The zero-order chi connectivity index (χ0) is 10.6. The van der Waals surface area contributed by atoms with Crippen molar-refractivity contribution in [1.29, 1.82) is 0 Å². The second-order valence-electron chi connectivity index (χ2n) is 4.16. The van der Waals surface area contributed by atoms with Crippen molar-refractivity contribution in [2.75, 3.05) is 7.11 Å². The second kappa shape index (κ2) is 4.40. The van der Waals surface area contributed by atoms with Crippen molar-refractivity contribution in [3.8, 4) is 0 Å². The standard InChI is InChI=1S/C10H18O3/c1-7(2)9(12)10(3,4)6-8(11)13-5/h7H,6H2,1-5H3. The SMILES string of the molecule is COC(=O)CC(C)(C)C(=O)C(C)C. The first kappa shape index (κ1) is 12.1. The molecule has 0 aromatic heterocycles. The van der Waals surface area contributed by atoms with Crippen molar-refractivity contribution in [2.45, 2.75) is 34.1 Å². The lowest BCUT2D eigenvalue weighted by Crippen LogP contribution is -2.31. The van der Waals surface area contributed by atoms with Gasteiger partial charge in [-0.25, -0.2) is 0 Å². The average molecular weight is 186 g/mol. The Labute approximate surface area is 79.5 Å². The van der Waals surface area contributed by atoms with E-state index < -0.39 is 5.41 Å². The normalized spacial score (nSPS) is 11.5. The highest BCUT2D eigenvalue weighted by Crippen LogP contribution is 2.25. The fourth-order valence-electron chi connectivity index (χ4n) is 1.30. The predicted molar refractivity (Wildman–Crippen MR) is 50.3 cm³/mol. The Hall–Kier alpha value is -0.860. The molecule has 0 aliphatic rings. The summed E-state index contributed by atoms with van der Waals surface area (Å²) in [4.78, 5) is 22.6. The molecule has 0 spiro atoms. The summed E-state index contributed by atoms with van der Waals surface area (Å²) in [6, 6.07) is 0. The molecule has 0 N–H and O–H groups in total. The molecule has 3 nitrogen and oxygen atoms in total. The van der Waals surface area contributed by atoms with E-state index >= 15 is 0 Å². The number of ketones is 1. The van der Waals surface area contributed by atoms with E-state index in [1.54, 1.807) is 13.8 Å². The van der Waals surface area contributed by atoms with Gasteiger partial charge in [-0.05, 0) is 0 Å². The van der Waals surface area contributed by atoms with E-state index in [2.05, 4.69) is 4.74 Å². The topological polar surface area (TPSA) is 43.4 Å². The number of ether oxygens (including phenoxy) is 1. The molecule has 76 valence electrons. The maximum Gasteiger partial charge on any atom is 0.306 e. The van der Waals surface area contributed by atoms with Gasteiger partial charge in [0.15, 0.2) is 0 Å². The van der Waals surface area contributed by atoms with Gasteiger partial charge in [0.25, 0.3) is 0 Å². The zero-order valence-corrected chi connectivity index (χ0v) is 9.01. The summed E-state index contributed by atoms with van der Waals surface area (Å²) in [5, 5.41) is 0. The van der Waals surface area contributed by atoms with E-state index in [1.807, 2.05) is 13.8 Å². The third-order valence-corrected chi connectivity index (χ3v) is 2.01. The summed E-state index contributed by atoms with van der Waals surface area (Å²) in [6.45, 7) is 7.21. The average Bonchev–Trinajstić information content (AvgIpc) is 2.01. The maximum atomic E-state index is 11.6. The van der Waals surface area contributed by atoms with Crippen LogP contribution in [-0.4, -0.2) is 18.9 Å². The molecule has 0 saturated carbocycles. The number of hydrogen-bond donors (Lipinski definition) is 0. The quantitative estimate of drug-likeness (QED) is 0.629. The number of rotatable bonds is 4. The lowest BCUT2D eigenvalue weighted by Gasteiger charge is -2.23. The van der Waals surface area contributed by atoms with Gasteiger partial charge >= 0.3 is 5.97 Å². The van der Waals surface area contributed by atoms with E-state index in [0.29, 0.717) is 0 Å². The molecule has 0 unspecified atom stereocenters. The van der Waals surface area contributed by atoms with Crippen molar-refractivity contribution in [3.05, 3.63) is 0 Å². The fourth-order valence-corrected chi connectivity index (χ4v) is 1.30. The summed E-state index contributed by atoms with van der Waals surface area (Å²) in [5.41, 5.74) is -0.610. The summed E-state index contributed by atoms with van der Waals surface area (Å²) in [6.07, 6.45) is 0.153. The van der Waals surface area contributed by atoms with Gasteiger partial charge in [-0.3, -0.25) is 9.59 Å². The van der Waals surface area contributed by atoms with E-state index in [4.69, 9.17) is 0 Å². The summed E-state index contributed by atoms with van der Waals surface area (Å²) < 4.78 is 4.52. The van der Waals surface area contributed by atoms with Crippen LogP contribution in [0.4, 0.5) is 0 Å². The minimum atomic E-state index is -0.610. The van der Waals surface area contributed by atoms with E-state index in [0.717, 1.165) is 0 Å². The molecule has 0 heterocycles. The fraction of sp³-hybridized carbons (Fsp3) is 0.800. The van der Waals surface area contributed by atoms with Gasteiger partial charge in [0.1, 0.15) is 5.78 Å². The van der Waals surface area contributed by atoms with Crippen LogP contribution < -0.4 is 0 Å². The Morgan fingerprint density at radius 1 is 1.31 bits per heavy atom. The lowest BCUT2D eigenvalue weighted by atomic mass is 9.80. The van der Waals surface area contributed by atoms with Gasteiger partial charge in [0.05, 0.1) is 13.5 Å². The molecule has 0 aromatic rings. The van der Waals surface area contributed by atoms with Gasteiger partial charge in [-0.2, -0.15) is 0 Å². The molecular formula is C10H18O3. The minimum absolute atomic E-state index is 0.0420. The van der Waals surface area contributed by atoms with Crippen LogP contribution in [0.2, 0.25) is 0 Å². The van der Waals surface area contributed by atoms with E-state index in [9.17, 15) is 9.59 Å². The van der Waals surface area contributed by atoms with Crippen LogP contribution in [0.3, 0.4) is 0 Å². The molecule has 0 bridgehead atoms. The van der Waals surface area contributed by atoms with Crippen LogP contribution in [0.25, 0.3) is 0 Å². The van der Waals surface area contributed by atoms with Gasteiger partial charge in [-0.1, -0.05) is 27.7 Å². The number of esters is 1. The van der Waals surface area contributed by atoms with Crippen LogP contribution in [-0.2, 0) is 14.3 Å². The molecule has 0 fully saturated rings. The van der Waals surface area contributed by atoms with Gasteiger partial charge in [-0.15, -0.1) is 0 Å². The summed E-state index contributed by atoms with van der Waals surface area (Å²) in [5.74, 6) is -0.281. The van der Waals surface area contributed by atoms with Crippen molar-refractivity contribution >= 4 is 11.8 Å². The molecule has 0 aromatic carbocycles. The molecule has 0 saturated heterocycles. The molecular weight excluding hydrogens is 168 g/mol. The third kappa shape index (κ3) is 3.57. The number of carbonyl (C=O) groups excluding carboxylic acids is 2. The predicted octanol–water partition coefficient (Wildman–Crippen LogP) is 1.80. The first-order chi connectivity index (χ1) is 5.81. The number of hydrogen-bond acceptors (Lipinski definition) is 3. The van der Waals surface area contributed by atoms with Crippen LogP contribution in [0.1, 0.15) is 34.1 Å². The Bertz CT molecular complexity index is 204. The third-order valence-electron chi connectivity index (χ3n) is 2.01. The maximum absolute atomic E-state index is 11.6. The Balaban J connectivity index is 4.39. The van der Waals surface area contributed by atoms with Crippen LogP contribution >= 0.6 is 0 Å².